The summed E-state index contributed by atoms with van der Waals surface area (Å²) in [5.41, 5.74) is 0.295. The second-order valence-corrected chi connectivity index (χ2v) is 6.18. The molecule has 1 aliphatic heterocycles. The van der Waals surface area contributed by atoms with E-state index in [1.807, 2.05) is 20.8 Å². The first-order valence-corrected chi connectivity index (χ1v) is 8.07. The second kappa shape index (κ2) is 8.39. The molecule has 0 aromatic heterocycles. The first-order chi connectivity index (χ1) is 11.3. The van der Waals surface area contributed by atoms with Crippen molar-refractivity contribution in [2.75, 3.05) is 19.6 Å². The molecule has 7 heteroatoms. The zero-order valence-corrected chi connectivity index (χ0v) is 14.2. The fourth-order valence-electron chi connectivity index (χ4n) is 2.86. The van der Waals surface area contributed by atoms with Crippen LogP contribution in [0.2, 0.25) is 0 Å². The van der Waals surface area contributed by atoms with Crippen LogP contribution in [0.4, 0.5) is 8.78 Å². The number of rotatable bonds is 6. The van der Waals surface area contributed by atoms with Crippen LogP contribution in [0, 0.1) is 0 Å². The van der Waals surface area contributed by atoms with Crippen LogP contribution in [0.25, 0.3) is 0 Å². The molecule has 0 spiro atoms. The van der Waals surface area contributed by atoms with Crippen molar-refractivity contribution in [3.05, 3.63) is 29.8 Å². The molecule has 1 aromatic rings. The maximum Gasteiger partial charge on any atom is 0.387 e. The predicted octanol–water partition coefficient (Wildman–Crippen LogP) is 2.52. The van der Waals surface area contributed by atoms with Gasteiger partial charge in [-0.3, -0.25) is 9.69 Å². The van der Waals surface area contributed by atoms with Crippen LogP contribution >= 0.6 is 0 Å². The molecule has 1 heterocycles. The molecule has 0 saturated carbocycles. The molecule has 1 saturated heterocycles. The first kappa shape index (κ1) is 18.6. The highest BCUT2D eigenvalue weighted by Gasteiger charge is 2.25. The fourth-order valence-corrected chi connectivity index (χ4v) is 2.86. The van der Waals surface area contributed by atoms with E-state index >= 15 is 0 Å². The first-order valence-electron chi connectivity index (χ1n) is 8.07. The van der Waals surface area contributed by atoms with E-state index in [9.17, 15) is 13.6 Å². The summed E-state index contributed by atoms with van der Waals surface area (Å²) in [6, 6.07) is 5.94. The van der Waals surface area contributed by atoms with Crippen LogP contribution in [-0.4, -0.2) is 55.3 Å². The molecule has 1 fully saturated rings. The molecule has 0 aliphatic carbocycles. The predicted molar refractivity (Wildman–Crippen MR) is 86.5 cm³/mol. The van der Waals surface area contributed by atoms with Gasteiger partial charge in [-0.2, -0.15) is 8.78 Å². The van der Waals surface area contributed by atoms with Crippen molar-refractivity contribution in [3.8, 4) is 5.75 Å². The number of nitrogens with zero attached hydrogens (tertiary/aromatic N) is 1. The molecule has 2 rings (SSSR count). The number of benzene rings is 1. The van der Waals surface area contributed by atoms with Crippen molar-refractivity contribution in [2.24, 2.45) is 0 Å². The number of carbonyl (C=O) groups excluding carboxylic acids is 1. The van der Waals surface area contributed by atoms with Crippen molar-refractivity contribution in [2.45, 2.75) is 45.6 Å². The van der Waals surface area contributed by atoms with Crippen LogP contribution in [0.1, 0.15) is 31.1 Å². The molecule has 1 aromatic carbocycles. The minimum absolute atomic E-state index is 0.0264. The van der Waals surface area contributed by atoms with Gasteiger partial charge in [-0.05, 0) is 39.0 Å². The summed E-state index contributed by atoms with van der Waals surface area (Å²) in [6.07, 6.45) is 0.324. The normalized spacial score (nSPS) is 23.1. The third-order valence-electron chi connectivity index (χ3n) is 3.95. The Morgan fingerprint density at radius 2 is 2.04 bits per heavy atom. The zero-order valence-electron chi connectivity index (χ0n) is 14.2. The number of halogens is 2. The lowest BCUT2D eigenvalue weighted by atomic mass is 10.1. The summed E-state index contributed by atoms with van der Waals surface area (Å²) < 4.78 is 34.5. The van der Waals surface area contributed by atoms with Gasteiger partial charge in [-0.1, -0.05) is 6.07 Å². The molecule has 3 atom stereocenters. The third-order valence-corrected chi connectivity index (χ3v) is 3.95. The lowest BCUT2D eigenvalue weighted by molar-refractivity contribution is -0.0778. The molecule has 24 heavy (non-hydrogen) atoms. The van der Waals surface area contributed by atoms with E-state index in [2.05, 4.69) is 15.0 Å². The van der Waals surface area contributed by atoms with Gasteiger partial charge >= 0.3 is 6.61 Å². The van der Waals surface area contributed by atoms with E-state index in [1.54, 1.807) is 6.07 Å². The van der Waals surface area contributed by atoms with Crippen molar-refractivity contribution in [1.29, 1.82) is 0 Å². The summed E-state index contributed by atoms with van der Waals surface area (Å²) in [5.74, 6) is -0.336. The fraction of sp³-hybridized carbons (Fsp3) is 0.588. The Balaban J connectivity index is 1.88. The maximum atomic E-state index is 12.2. The number of hydrogen-bond donors (Lipinski definition) is 1. The SMILES string of the molecule is C[C@@H]1CN([C@H](C)CNC(=O)c2cccc(OC(F)F)c2)C[C@@H](C)O1. The molecule has 0 radical (unpaired) electrons. The van der Waals surface area contributed by atoms with Crippen LogP contribution in [0.3, 0.4) is 0 Å². The zero-order chi connectivity index (χ0) is 17.7. The number of carbonyl (C=O) groups is 1. The maximum absolute atomic E-state index is 12.2. The Kier molecular flexibility index (Phi) is 6.51. The molecule has 0 bridgehead atoms. The molecule has 5 nitrogen and oxygen atoms in total. The Hall–Kier alpha value is -1.73. The number of morpholine rings is 1. The van der Waals surface area contributed by atoms with Gasteiger partial charge in [0.1, 0.15) is 5.75 Å². The topological polar surface area (TPSA) is 50.8 Å². The monoisotopic (exact) mass is 342 g/mol. The van der Waals surface area contributed by atoms with Gasteiger partial charge in [0.05, 0.1) is 12.2 Å². The van der Waals surface area contributed by atoms with Gasteiger partial charge < -0.3 is 14.8 Å². The Morgan fingerprint density at radius 3 is 2.67 bits per heavy atom. The van der Waals surface area contributed by atoms with Crippen LogP contribution in [0.15, 0.2) is 24.3 Å². The lowest BCUT2D eigenvalue weighted by Gasteiger charge is -2.39. The van der Waals surface area contributed by atoms with E-state index < -0.39 is 6.61 Å². The lowest BCUT2D eigenvalue weighted by Crippen LogP contribution is -2.52. The van der Waals surface area contributed by atoms with E-state index in [-0.39, 0.29) is 29.9 Å². The highest BCUT2D eigenvalue weighted by atomic mass is 19.3. The van der Waals surface area contributed by atoms with Gasteiger partial charge in [0, 0.05) is 31.2 Å². The molecular weight excluding hydrogens is 318 g/mol. The Morgan fingerprint density at radius 1 is 1.38 bits per heavy atom. The van der Waals surface area contributed by atoms with E-state index in [0.717, 1.165) is 13.1 Å². The van der Waals surface area contributed by atoms with Gasteiger partial charge in [0.15, 0.2) is 0 Å². The van der Waals surface area contributed by atoms with Gasteiger partial charge in [-0.25, -0.2) is 0 Å². The summed E-state index contributed by atoms with van der Waals surface area (Å²) in [4.78, 5) is 14.5. The summed E-state index contributed by atoms with van der Waals surface area (Å²) in [6.45, 7) is 5.30. The quantitative estimate of drug-likeness (QED) is 0.863. The Bertz CT molecular complexity index is 546. The smallest absolute Gasteiger partial charge is 0.387 e. The standard InChI is InChI=1S/C17H24F2N2O3/c1-11(21-9-12(2)23-13(3)10-21)8-20-16(22)14-5-4-6-15(7-14)24-17(18)19/h4-7,11-13,17H,8-10H2,1-3H3,(H,20,22)/t11-,12-,13-/m1/s1. The minimum Gasteiger partial charge on any atom is -0.435 e. The molecule has 134 valence electrons. The van der Waals surface area contributed by atoms with Crippen molar-refractivity contribution >= 4 is 5.91 Å². The summed E-state index contributed by atoms with van der Waals surface area (Å²) in [5, 5.41) is 2.84. The summed E-state index contributed by atoms with van der Waals surface area (Å²) in [7, 11) is 0. The number of alkyl halides is 2. The molecular formula is C17H24F2N2O3. The molecule has 1 amide bonds. The number of ether oxygens (including phenoxy) is 2. The highest BCUT2D eigenvalue weighted by molar-refractivity contribution is 5.94. The van der Waals surface area contributed by atoms with Crippen LogP contribution in [-0.2, 0) is 4.74 Å². The van der Waals surface area contributed by atoms with E-state index in [0.29, 0.717) is 12.1 Å². The van der Waals surface area contributed by atoms with Gasteiger partial charge in [-0.15, -0.1) is 0 Å². The number of nitrogens with one attached hydrogen (secondary N) is 1. The Labute approximate surface area is 140 Å². The van der Waals surface area contributed by atoms with Crippen molar-refractivity contribution in [3.63, 3.8) is 0 Å². The third kappa shape index (κ3) is 5.42. The number of hydrogen-bond acceptors (Lipinski definition) is 4. The van der Waals surface area contributed by atoms with Crippen LogP contribution < -0.4 is 10.1 Å². The van der Waals surface area contributed by atoms with Gasteiger partial charge in [0.2, 0.25) is 0 Å². The average molecular weight is 342 g/mol. The van der Waals surface area contributed by atoms with E-state index in [1.165, 1.54) is 18.2 Å². The summed E-state index contributed by atoms with van der Waals surface area (Å²) >= 11 is 0. The largest absolute Gasteiger partial charge is 0.435 e. The van der Waals surface area contributed by atoms with Crippen molar-refractivity contribution in [1.82, 2.24) is 10.2 Å². The second-order valence-electron chi connectivity index (χ2n) is 6.18. The van der Waals surface area contributed by atoms with Crippen LogP contribution in [0.5, 0.6) is 5.75 Å². The van der Waals surface area contributed by atoms with Gasteiger partial charge in [0.25, 0.3) is 5.91 Å². The number of amides is 1. The highest BCUT2D eigenvalue weighted by Crippen LogP contribution is 2.16. The van der Waals surface area contributed by atoms with Crippen molar-refractivity contribution < 1.29 is 23.0 Å². The average Bonchev–Trinajstić information content (AvgIpc) is 2.51. The molecule has 1 aliphatic rings. The molecule has 1 N–H and O–H groups in total. The minimum atomic E-state index is -2.91. The molecule has 0 unspecified atom stereocenters. The van der Waals surface area contributed by atoms with E-state index in [4.69, 9.17) is 4.74 Å².